The molecule has 0 radical (unpaired) electrons. The number of hydrogen-bond acceptors (Lipinski definition) is 4. The number of aromatic nitrogens is 3. The molecule has 1 saturated heterocycles. The number of benzene rings is 1. The quantitative estimate of drug-likeness (QED) is 0.696. The van der Waals surface area contributed by atoms with Gasteiger partial charge >= 0.3 is 0 Å². The molecule has 0 saturated carbocycles. The van der Waals surface area contributed by atoms with Gasteiger partial charge in [0.2, 0.25) is 0 Å². The van der Waals surface area contributed by atoms with Crippen molar-refractivity contribution < 1.29 is 9.53 Å². The summed E-state index contributed by atoms with van der Waals surface area (Å²) in [6.07, 6.45) is 2.36. The summed E-state index contributed by atoms with van der Waals surface area (Å²) in [6, 6.07) is 7.81. The fourth-order valence-corrected chi connectivity index (χ4v) is 3.59. The zero-order chi connectivity index (χ0) is 19.0. The number of aryl methyl sites for hydroxylation is 2. The Morgan fingerprint density at radius 3 is 2.59 bits per heavy atom. The van der Waals surface area contributed by atoms with Crippen molar-refractivity contribution in [3.05, 3.63) is 63.6 Å². The largest absolute Gasteiger partial charge is 0.378 e. The van der Waals surface area contributed by atoms with Crippen LogP contribution < -0.4 is 0 Å². The molecule has 0 bridgehead atoms. The third kappa shape index (κ3) is 3.42. The Kier molecular flexibility index (Phi) is 4.85. The Balaban J connectivity index is 1.70. The number of carbonyl (C=O) groups excluding carboxylic acids is 1. The van der Waals surface area contributed by atoms with Crippen LogP contribution in [0.25, 0.3) is 5.65 Å². The Labute approximate surface area is 162 Å². The third-order valence-electron chi connectivity index (χ3n) is 5.03. The lowest BCUT2D eigenvalue weighted by molar-refractivity contribution is 0.0304. The van der Waals surface area contributed by atoms with Crippen LogP contribution in [0.1, 0.15) is 32.9 Å². The van der Waals surface area contributed by atoms with E-state index in [9.17, 15) is 4.79 Å². The van der Waals surface area contributed by atoms with E-state index in [4.69, 9.17) is 21.3 Å². The lowest BCUT2D eigenvalue weighted by Crippen LogP contribution is -2.40. The van der Waals surface area contributed by atoms with E-state index in [2.05, 4.69) is 5.10 Å². The Bertz CT molecular complexity index is 991. The maximum atomic E-state index is 12.9. The molecule has 1 amide bonds. The van der Waals surface area contributed by atoms with E-state index < -0.39 is 0 Å². The maximum Gasteiger partial charge on any atom is 0.259 e. The van der Waals surface area contributed by atoms with Crippen molar-refractivity contribution in [3.8, 4) is 0 Å². The first-order valence-electron chi connectivity index (χ1n) is 9.00. The number of nitrogens with zero attached hydrogens (tertiary/aromatic N) is 4. The van der Waals surface area contributed by atoms with Gasteiger partial charge in [-0.15, -0.1) is 0 Å². The lowest BCUT2D eigenvalue weighted by atomic mass is 10.0. The van der Waals surface area contributed by atoms with Crippen LogP contribution in [0.15, 0.2) is 30.5 Å². The highest BCUT2D eigenvalue weighted by molar-refractivity contribution is 6.30. The summed E-state index contributed by atoms with van der Waals surface area (Å²) in [5.74, 6) is -0.0370. The van der Waals surface area contributed by atoms with Crippen molar-refractivity contribution in [2.24, 2.45) is 0 Å². The number of halogens is 1. The van der Waals surface area contributed by atoms with E-state index in [1.807, 2.05) is 38.1 Å². The molecule has 0 spiro atoms. The monoisotopic (exact) mass is 384 g/mol. The number of rotatable bonds is 3. The second kappa shape index (κ2) is 7.29. The summed E-state index contributed by atoms with van der Waals surface area (Å²) in [4.78, 5) is 19.4. The molecule has 1 aliphatic rings. The van der Waals surface area contributed by atoms with Gasteiger partial charge in [0.25, 0.3) is 5.91 Å². The number of hydrogen-bond donors (Lipinski definition) is 0. The maximum absolute atomic E-state index is 12.9. The second-order valence-electron chi connectivity index (χ2n) is 6.76. The third-order valence-corrected chi connectivity index (χ3v) is 5.28. The van der Waals surface area contributed by atoms with Crippen molar-refractivity contribution in [2.45, 2.75) is 20.3 Å². The van der Waals surface area contributed by atoms with Crippen LogP contribution in [-0.4, -0.2) is 51.7 Å². The van der Waals surface area contributed by atoms with Gasteiger partial charge < -0.3 is 9.64 Å². The fourth-order valence-electron chi connectivity index (χ4n) is 3.46. The summed E-state index contributed by atoms with van der Waals surface area (Å²) in [5.41, 5.74) is 5.32. The van der Waals surface area contributed by atoms with Crippen LogP contribution in [0, 0.1) is 13.8 Å². The molecular weight excluding hydrogens is 364 g/mol. The van der Waals surface area contributed by atoms with Crippen molar-refractivity contribution in [2.75, 3.05) is 26.3 Å². The zero-order valence-corrected chi connectivity index (χ0v) is 16.2. The molecular formula is C20H21ClN4O2. The van der Waals surface area contributed by atoms with Gasteiger partial charge in [-0.3, -0.25) is 4.79 Å². The molecule has 2 aromatic heterocycles. The second-order valence-corrected chi connectivity index (χ2v) is 7.20. The normalized spacial score (nSPS) is 14.7. The average Bonchev–Trinajstić information content (AvgIpc) is 3.10. The lowest BCUT2D eigenvalue weighted by Gasteiger charge is -2.26. The molecule has 27 heavy (non-hydrogen) atoms. The SMILES string of the molecule is Cc1nc2c(C(=O)N3CCOCC3)cnn2c(C)c1Cc1ccc(Cl)cc1. The van der Waals surface area contributed by atoms with Crippen molar-refractivity contribution in [1.29, 1.82) is 0 Å². The minimum Gasteiger partial charge on any atom is -0.378 e. The molecule has 1 fully saturated rings. The highest BCUT2D eigenvalue weighted by atomic mass is 35.5. The predicted molar refractivity (Wildman–Crippen MR) is 103 cm³/mol. The number of fused-ring (bicyclic) bond motifs is 1. The molecule has 7 heteroatoms. The van der Waals surface area contributed by atoms with Crippen molar-refractivity contribution in [3.63, 3.8) is 0 Å². The number of carbonyl (C=O) groups is 1. The first-order valence-corrected chi connectivity index (χ1v) is 9.37. The van der Waals surface area contributed by atoms with E-state index in [-0.39, 0.29) is 5.91 Å². The van der Waals surface area contributed by atoms with Crippen LogP contribution in [0.3, 0.4) is 0 Å². The summed E-state index contributed by atoms with van der Waals surface area (Å²) in [6.45, 7) is 6.34. The standard InChI is InChI=1S/C20H21ClN4O2/c1-13-17(11-15-3-5-16(21)6-4-15)14(2)25-19(23-13)18(12-22-25)20(26)24-7-9-27-10-8-24/h3-6,12H,7-11H2,1-2H3. The topological polar surface area (TPSA) is 59.7 Å². The first kappa shape index (κ1) is 17.9. The van der Waals surface area contributed by atoms with Gasteiger partial charge in [-0.2, -0.15) is 5.10 Å². The minimum absolute atomic E-state index is 0.0370. The number of ether oxygens (including phenoxy) is 1. The Morgan fingerprint density at radius 2 is 1.89 bits per heavy atom. The van der Waals surface area contributed by atoms with Gasteiger partial charge in [0.05, 0.1) is 19.4 Å². The fraction of sp³-hybridized carbons (Fsp3) is 0.350. The first-order chi connectivity index (χ1) is 13.0. The van der Waals surface area contributed by atoms with E-state index >= 15 is 0 Å². The minimum atomic E-state index is -0.0370. The predicted octanol–water partition coefficient (Wildman–Crippen LogP) is 3.06. The molecule has 4 rings (SSSR count). The molecule has 3 aromatic rings. The highest BCUT2D eigenvalue weighted by Crippen LogP contribution is 2.22. The molecule has 3 heterocycles. The number of morpholine rings is 1. The van der Waals surface area contributed by atoms with Gasteiger partial charge in [0, 0.05) is 35.9 Å². The molecule has 140 valence electrons. The van der Waals surface area contributed by atoms with Crippen LogP contribution >= 0.6 is 11.6 Å². The van der Waals surface area contributed by atoms with Gasteiger partial charge in [-0.25, -0.2) is 9.50 Å². The molecule has 1 aromatic carbocycles. The Hall–Kier alpha value is -2.44. The molecule has 0 atom stereocenters. The number of amides is 1. The molecule has 1 aliphatic heterocycles. The van der Waals surface area contributed by atoms with Gasteiger partial charge in [0.15, 0.2) is 5.65 Å². The molecule has 6 nitrogen and oxygen atoms in total. The summed E-state index contributed by atoms with van der Waals surface area (Å²) < 4.78 is 7.10. The molecule has 0 N–H and O–H groups in total. The van der Waals surface area contributed by atoms with Crippen LogP contribution in [0.4, 0.5) is 0 Å². The van der Waals surface area contributed by atoms with Crippen molar-refractivity contribution in [1.82, 2.24) is 19.5 Å². The van der Waals surface area contributed by atoms with Crippen LogP contribution in [0.5, 0.6) is 0 Å². The van der Waals surface area contributed by atoms with Crippen LogP contribution in [0.2, 0.25) is 5.02 Å². The summed E-state index contributed by atoms with van der Waals surface area (Å²) in [7, 11) is 0. The van der Waals surface area contributed by atoms with E-state index in [1.165, 1.54) is 0 Å². The zero-order valence-electron chi connectivity index (χ0n) is 15.4. The summed E-state index contributed by atoms with van der Waals surface area (Å²) in [5, 5.41) is 5.17. The van der Waals surface area contributed by atoms with Crippen molar-refractivity contribution >= 4 is 23.2 Å². The molecule has 0 aliphatic carbocycles. The van der Waals surface area contributed by atoms with Gasteiger partial charge in [0.1, 0.15) is 5.56 Å². The highest BCUT2D eigenvalue weighted by Gasteiger charge is 2.24. The van der Waals surface area contributed by atoms with Gasteiger partial charge in [-0.05, 0) is 37.1 Å². The average molecular weight is 385 g/mol. The van der Waals surface area contributed by atoms with E-state index in [0.717, 1.165) is 34.0 Å². The smallest absolute Gasteiger partial charge is 0.259 e. The van der Waals surface area contributed by atoms with Gasteiger partial charge in [-0.1, -0.05) is 23.7 Å². The summed E-state index contributed by atoms with van der Waals surface area (Å²) >= 11 is 5.98. The van der Waals surface area contributed by atoms with E-state index in [1.54, 1.807) is 15.6 Å². The van der Waals surface area contributed by atoms with Crippen LogP contribution in [-0.2, 0) is 11.2 Å². The van der Waals surface area contributed by atoms with E-state index in [0.29, 0.717) is 37.5 Å². The Morgan fingerprint density at radius 1 is 1.19 bits per heavy atom. The molecule has 0 unspecified atom stereocenters.